The molecule has 156 valence electrons. The molecule has 4 aromatic rings. The molecule has 0 saturated heterocycles. The van der Waals surface area contributed by atoms with Gasteiger partial charge in [0.25, 0.3) is 5.91 Å². The number of esters is 1. The number of anilines is 1. The first-order valence-corrected chi connectivity index (χ1v) is 10.5. The second kappa shape index (κ2) is 8.97. The van der Waals surface area contributed by atoms with Crippen molar-refractivity contribution in [3.8, 4) is 22.1 Å². The van der Waals surface area contributed by atoms with E-state index in [0.717, 1.165) is 20.8 Å². The van der Waals surface area contributed by atoms with E-state index in [0.29, 0.717) is 17.0 Å². The normalized spacial score (nSPS) is 10.6. The number of aromatic nitrogens is 1. The van der Waals surface area contributed by atoms with Gasteiger partial charge in [0.15, 0.2) is 11.5 Å². The molecule has 0 unspecified atom stereocenters. The van der Waals surface area contributed by atoms with Gasteiger partial charge in [-0.1, -0.05) is 31.2 Å². The molecule has 0 spiro atoms. The molecule has 4 rings (SSSR count). The van der Waals surface area contributed by atoms with Gasteiger partial charge >= 0.3 is 5.97 Å². The summed E-state index contributed by atoms with van der Waals surface area (Å²) in [4.78, 5) is 29.0. The summed E-state index contributed by atoms with van der Waals surface area (Å²) >= 11 is 1.61. The zero-order valence-electron chi connectivity index (χ0n) is 17.0. The minimum absolute atomic E-state index is 0.246. The molecule has 0 radical (unpaired) electrons. The van der Waals surface area contributed by atoms with E-state index < -0.39 is 0 Å². The fourth-order valence-corrected chi connectivity index (χ4v) is 3.98. The molecule has 0 aliphatic carbocycles. The van der Waals surface area contributed by atoms with Crippen molar-refractivity contribution in [2.24, 2.45) is 0 Å². The maximum atomic E-state index is 12.8. The lowest BCUT2D eigenvalue weighted by molar-refractivity contribution is -0.134. The van der Waals surface area contributed by atoms with Crippen molar-refractivity contribution in [3.05, 3.63) is 72.3 Å². The zero-order valence-corrected chi connectivity index (χ0v) is 17.9. The van der Waals surface area contributed by atoms with Crippen molar-refractivity contribution in [1.82, 2.24) is 4.98 Å². The molecule has 31 heavy (non-hydrogen) atoms. The average Bonchev–Trinajstić information content (AvgIpc) is 3.24. The van der Waals surface area contributed by atoms with Gasteiger partial charge in [0, 0.05) is 23.2 Å². The van der Waals surface area contributed by atoms with Crippen molar-refractivity contribution < 1.29 is 19.1 Å². The number of para-hydroxylation sites is 1. The largest absolute Gasteiger partial charge is 0.493 e. The number of carbonyl (C=O) groups is 2. The number of thiazole rings is 1. The molecule has 0 aliphatic rings. The monoisotopic (exact) mass is 432 g/mol. The maximum absolute atomic E-state index is 12.8. The highest BCUT2D eigenvalue weighted by molar-refractivity contribution is 7.21. The molecule has 0 aliphatic heterocycles. The van der Waals surface area contributed by atoms with Crippen LogP contribution in [0.15, 0.2) is 66.7 Å². The Labute approximate surface area is 183 Å². The highest BCUT2D eigenvalue weighted by atomic mass is 32.1. The van der Waals surface area contributed by atoms with Crippen LogP contribution in [0.2, 0.25) is 0 Å². The average molecular weight is 433 g/mol. The molecular formula is C24H20N2O4S. The molecule has 1 aromatic heterocycles. The van der Waals surface area contributed by atoms with Gasteiger partial charge in [-0.15, -0.1) is 11.3 Å². The zero-order chi connectivity index (χ0) is 21.8. The Hall–Kier alpha value is -3.71. The molecule has 7 heteroatoms. The van der Waals surface area contributed by atoms with Gasteiger partial charge in [0.1, 0.15) is 5.01 Å². The number of rotatable bonds is 6. The van der Waals surface area contributed by atoms with Crippen LogP contribution in [0.1, 0.15) is 23.7 Å². The number of hydrogen-bond donors (Lipinski definition) is 1. The van der Waals surface area contributed by atoms with Gasteiger partial charge in [-0.3, -0.25) is 9.59 Å². The predicted molar refractivity (Wildman–Crippen MR) is 122 cm³/mol. The SMILES string of the molecule is CCC(=O)Oc1ccc(C(=O)Nc2cccc(-c3nc4ccccc4s3)c2)cc1OC. The van der Waals surface area contributed by atoms with Gasteiger partial charge in [-0.05, 0) is 42.5 Å². The van der Waals surface area contributed by atoms with Crippen molar-refractivity contribution in [3.63, 3.8) is 0 Å². The molecule has 1 amide bonds. The van der Waals surface area contributed by atoms with Crippen LogP contribution in [0.3, 0.4) is 0 Å². The summed E-state index contributed by atoms with van der Waals surface area (Å²) in [6.45, 7) is 1.71. The molecule has 0 saturated carbocycles. The Bertz CT molecular complexity index is 1230. The van der Waals surface area contributed by atoms with Crippen molar-refractivity contribution in [2.75, 3.05) is 12.4 Å². The second-order valence-corrected chi connectivity index (χ2v) is 7.75. The molecule has 0 bridgehead atoms. The second-order valence-electron chi connectivity index (χ2n) is 6.71. The number of amides is 1. The smallest absolute Gasteiger partial charge is 0.311 e. The van der Waals surface area contributed by atoms with E-state index in [9.17, 15) is 9.59 Å². The number of hydrogen-bond acceptors (Lipinski definition) is 6. The Morgan fingerprint density at radius 3 is 2.61 bits per heavy atom. The minimum Gasteiger partial charge on any atom is -0.493 e. The first-order chi connectivity index (χ1) is 15.1. The number of nitrogens with zero attached hydrogens (tertiary/aromatic N) is 1. The van der Waals surface area contributed by atoms with Crippen LogP contribution in [0, 0.1) is 0 Å². The van der Waals surface area contributed by atoms with Crippen LogP contribution >= 0.6 is 11.3 Å². The number of benzene rings is 3. The number of nitrogens with one attached hydrogen (secondary N) is 1. The Morgan fingerprint density at radius 2 is 1.84 bits per heavy atom. The number of carbonyl (C=O) groups excluding carboxylic acids is 2. The van der Waals surface area contributed by atoms with Crippen LogP contribution in [-0.4, -0.2) is 24.0 Å². The van der Waals surface area contributed by atoms with E-state index in [1.54, 1.807) is 36.5 Å². The lowest BCUT2D eigenvalue weighted by Gasteiger charge is -2.11. The van der Waals surface area contributed by atoms with Crippen molar-refractivity contribution >= 4 is 39.1 Å². The Kier molecular flexibility index (Phi) is 5.95. The summed E-state index contributed by atoms with van der Waals surface area (Å²) in [6.07, 6.45) is 0.246. The van der Waals surface area contributed by atoms with Crippen LogP contribution in [0.4, 0.5) is 5.69 Å². The lowest BCUT2D eigenvalue weighted by Crippen LogP contribution is -2.13. The topological polar surface area (TPSA) is 77.5 Å². The summed E-state index contributed by atoms with van der Waals surface area (Å²) in [5, 5.41) is 3.79. The van der Waals surface area contributed by atoms with Gasteiger partial charge < -0.3 is 14.8 Å². The van der Waals surface area contributed by atoms with Crippen molar-refractivity contribution in [1.29, 1.82) is 0 Å². The summed E-state index contributed by atoms with van der Waals surface area (Å²) in [5.41, 5.74) is 2.92. The van der Waals surface area contributed by atoms with Crippen LogP contribution in [-0.2, 0) is 4.79 Å². The minimum atomic E-state index is -0.373. The van der Waals surface area contributed by atoms with E-state index >= 15 is 0 Å². The summed E-state index contributed by atoms with van der Waals surface area (Å²) in [5.74, 6) is -0.0725. The van der Waals surface area contributed by atoms with E-state index in [2.05, 4.69) is 10.3 Å². The van der Waals surface area contributed by atoms with E-state index in [-0.39, 0.29) is 24.0 Å². The van der Waals surface area contributed by atoms with E-state index in [1.165, 1.54) is 7.11 Å². The summed E-state index contributed by atoms with van der Waals surface area (Å²) in [6, 6.07) is 20.2. The lowest BCUT2D eigenvalue weighted by atomic mass is 10.1. The molecule has 1 heterocycles. The first-order valence-electron chi connectivity index (χ1n) is 9.73. The standard InChI is InChI=1S/C24H20N2O4S/c1-3-22(27)30-19-12-11-15(14-20(19)29-2)23(28)25-17-8-6-7-16(13-17)24-26-18-9-4-5-10-21(18)31-24/h4-14H,3H2,1-2H3,(H,25,28). The van der Waals surface area contributed by atoms with Gasteiger partial charge in [-0.25, -0.2) is 4.98 Å². The quantitative estimate of drug-likeness (QED) is 0.320. The highest BCUT2D eigenvalue weighted by Gasteiger charge is 2.14. The summed E-state index contributed by atoms with van der Waals surface area (Å²) < 4.78 is 11.6. The van der Waals surface area contributed by atoms with Gasteiger partial charge in [0.2, 0.25) is 0 Å². The molecule has 6 nitrogen and oxygen atoms in total. The fourth-order valence-electron chi connectivity index (χ4n) is 3.02. The predicted octanol–water partition coefficient (Wildman–Crippen LogP) is 5.54. The van der Waals surface area contributed by atoms with Gasteiger partial charge in [-0.2, -0.15) is 0 Å². The third kappa shape index (κ3) is 4.57. The van der Waals surface area contributed by atoms with Crippen LogP contribution < -0.4 is 14.8 Å². The fraction of sp³-hybridized carbons (Fsp3) is 0.125. The maximum Gasteiger partial charge on any atom is 0.311 e. The van der Waals surface area contributed by atoms with E-state index in [4.69, 9.17) is 9.47 Å². The molecule has 0 fully saturated rings. The van der Waals surface area contributed by atoms with E-state index in [1.807, 2.05) is 48.5 Å². The van der Waals surface area contributed by atoms with Crippen LogP contribution in [0.25, 0.3) is 20.8 Å². The first kappa shape index (κ1) is 20.6. The molecular weight excluding hydrogens is 412 g/mol. The molecule has 1 N–H and O–H groups in total. The molecule has 3 aromatic carbocycles. The van der Waals surface area contributed by atoms with Gasteiger partial charge in [0.05, 0.1) is 17.3 Å². The Morgan fingerprint density at radius 1 is 1.00 bits per heavy atom. The third-order valence-electron chi connectivity index (χ3n) is 4.60. The summed E-state index contributed by atoms with van der Waals surface area (Å²) in [7, 11) is 1.46. The highest BCUT2D eigenvalue weighted by Crippen LogP contribution is 2.32. The third-order valence-corrected chi connectivity index (χ3v) is 5.69. The Balaban J connectivity index is 1.55. The number of ether oxygens (including phenoxy) is 2. The number of methoxy groups -OCH3 is 1. The molecule has 0 atom stereocenters. The number of fused-ring (bicyclic) bond motifs is 1. The van der Waals surface area contributed by atoms with Crippen molar-refractivity contribution in [2.45, 2.75) is 13.3 Å². The van der Waals surface area contributed by atoms with Crippen LogP contribution in [0.5, 0.6) is 11.5 Å².